The van der Waals surface area contributed by atoms with E-state index in [0.717, 1.165) is 10.9 Å². The van der Waals surface area contributed by atoms with Gasteiger partial charge in [0.25, 0.3) is 5.91 Å². The molecule has 0 fully saturated rings. The van der Waals surface area contributed by atoms with Crippen molar-refractivity contribution in [2.45, 2.75) is 13.8 Å². The Kier molecular flexibility index (Phi) is 5.30. The maximum absolute atomic E-state index is 12.3. The number of carbonyl (C=O) groups is 2. The number of nitrogens with one attached hydrogen (secondary N) is 2. The van der Waals surface area contributed by atoms with Gasteiger partial charge in [-0.3, -0.25) is 20.4 Å². The highest BCUT2D eigenvalue weighted by Gasteiger charge is 2.15. The molecule has 0 unspecified atom stereocenters. The van der Waals surface area contributed by atoms with E-state index in [1.54, 1.807) is 24.3 Å². The summed E-state index contributed by atoms with van der Waals surface area (Å²) in [5, 5.41) is 0.822. The van der Waals surface area contributed by atoms with E-state index in [0.29, 0.717) is 29.3 Å². The van der Waals surface area contributed by atoms with Gasteiger partial charge in [-0.05, 0) is 50.2 Å². The first kappa shape index (κ1) is 18.3. The molecule has 1 heterocycles. The number of aryl methyl sites for hydroxylation is 1. The second-order valence-electron chi connectivity index (χ2n) is 5.86. The Morgan fingerprint density at radius 3 is 2.52 bits per heavy atom. The first-order valence-corrected chi connectivity index (χ1v) is 8.43. The minimum absolute atomic E-state index is 0.111. The number of hydrogen-bond acceptors (Lipinski definition) is 5. The van der Waals surface area contributed by atoms with Crippen LogP contribution in [0.5, 0.6) is 11.5 Å². The minimum atomic E-state index is -0.546. The minimum Gasteiger partial charge on any atom is -0.493 e. The van der Waals surface area contributed by atoms with Crippen LogP contribution in [0.2, 0.25) is 0 Å². The Bertz CT molecular complexity index is 993. The third kappa shape index (κ3) is 4.03. The van der Waals surface area contributed by atoms with Crippen molar-refractivity contribution in [3.05, 3.63) is 59.4 Å². The molecular weight excluding hydrogens is 348 g/mol. The van der Waals surface area contributed by atoms with Crippen LogP contribution in [-0.2, 0) is 0 Å². The van der Waals surface area contributed by atoms with Crippen LogP contribution in [0.3, 0.4) is 0 Å². The van der Waals surface area contributed by atoms with Gasteiger partial charge in [-0.25, -0.2) is 0 Å². The summed E-state index contributed by atoms with van der Waals surface area (Å²) in [6, 6.07) is 12.0. The lowest BCUT2D eigenvalue weighted by Gasteiger charge is -2.11. The van der Waals surface area contributed by atoms with Gasteiger partial charge in [-0.2, -0.15) is 0 Å². The van der Waals surface area contributed by atoms with Gasteiger partial charge in [-0.1, -0.05) is 11.6 Å². The lowest BCUT2D eigenvalue weighted by molar-refractivity contribution is 0.0832. The van der Waals surface area contributed by atoms with Gasteiger partial charge in [0.05, 0.1) is 13.7 Å². The van der Waals surface area contributed by atoms with Crippen molar-refractivity contribution in [2.24, 2.45) is 0 Å². The first-order valence-electron chi connectivity index (χ1n) is 8.43. The highest BCUT2D eigenvalue weighted by atomic mass is 16.5. The van der Waals surface area contributed by atoms with Crippen LogP contribution in [-0.4, -0.2) is 25.5 Å². The van der Waals surface area contributed by atoms with E-state index in [4.69, 9.17) is 13.9 Å². The van der Waals surface area contributed by atoms with E-state index in [-0.39, 0.29) is 5.76 Å². The number of hydrogen-bond donors (Lipinski definition) is 2. The summed E-state index contributed by atoms with van der Waals surface area (Å²) in [4.78, 5) is 24.5. The molecule has 2 amide bonds. The molecule has 0 saturated heterocycles. The van der Waals surface area contributed by atoms with Crippen molar-refractivity contribution in [1.82, 2.24) is 10.9 Å². The van der Waals surface area contributed by atoms with Crippen LogP contribution >= 0.6 is 0 Å². The summed E-state index contributed by atoms with van der Waals surface area (Å²) >= 11 is 0. The van der Waals surface area contributed by atoms with Crippen molar-refractivity contribution in [1.29, 1.82) is 0 Å². The molecule has 0 bridgehead atoms. The molecular formula is C20H20N2O5. The van der Waals surface area contributed by atoms with Gasteiger partial charge in [0.2, 0.25) is 0 Å². The molecule has 7 heteroatoms. The van der Waals surface area contributed by atoms with Gasteiger partial charge >= 0.3 is 5.91 Å². The third-order valence-electron chi connectivity index (χ3n) is 3.91. The maximum atomic E-state index is 12.3. The number of hydrazine groups is 1. The zero-order valence-corrected chi connectivity index (χ0v) is 15.3. The van der Waals surface area contributed by atoms with Crippen LogP contribution < -0.4 is 20.3 Å². The molecule has 0 aliphatic heterocycles. The zero-order chi connectivity index (χ0) is 19.4. The number of ether oxygens (including phenoxy) is 2. The summed E-state index contributed by atoms with van der Waals surface area (Å²) in [5.74, 6) is 0.0496. The SMILES string of the molecule is CCOc1ccc(C(=O)NNC(=O)c2cc3cc(C)ccc3o2)cc1OC. The number of carbonyl (C=O) groups excluding carboxylic acids is 2. The standard InChI is InChI=1S/C20H20N2O5/c1-4-26-16-8-6-13(10-17(16)25-3)19(23)21-22-20(24)18-11-14-9-12(2)5-7-15(14)27-18/h5-11H,4H2,1-3H3,(H,21,23)(H,22,24). The second kappa shape index (κ2) is 7.82. The lowest BCUT2D eigenvalue weighted by Crippen LogP contribution is -2.41. The van der Waals surface area contributed by atoms with Gasteiger partial charge in [0.1, 0.15) is 5.58 Å². The summed E-state index contributed by atoms with van der Waals surface area (Å²) in [7, 11) is 1.49. The molecule has 2 N–H and O–H groups in total. The normalized spacial score (nSPS) is 10.5. The molecule has 0 spiro atoms. The molecule has 3 aromatic rings. The van der Waals surface area contributed by atoms with Gasteiger partial charge < -0.3 is 13.9 Å². The maximum Gasteiger partial charge on any atom is 0.305 e. The van der Waals surface area contributed by atoms with E-state index < -0.39 is 11.8 Å². The fourth-order valence-corrected chi connectivity index (χ4v) is 2.61. The van der Waals surface area contributed by atoms with Crippen molar-refractivity contribution in [3.63, 3.8) is 0 Å². The van der Waals surface area contributed by atoms with E-state index in [1.807, 2.05) is 26.0 Å². The number of amides is 2. The summed E-state index contributed by atoms with van der Waals surface area (Å²) in [5.41, 5.74) is 6.69. The lowest BCUT2D eigenvalue weighted by atomic mass is 10.2. The van der Waals surface area contributed by atoms with Gasteiger partial charge in [0, 0.05) is 10.9 Å². The van der Waals surface area contributed by atoms with Crippen molar-refractivity contribution in [3.8, 4) is 11.5 Å². The Morgan fingerprint density at radius 2 is 1.78 bits per heavy atom. The molecule has 0 saturated carbocycles. The number of benzene rings is 2. The van der Waals surface area contributed by atoms with Crippen molar-refractivity contribution in [2.75, 3.05) is 13.7 Å². The quantitative estimate of drug-likeness (QED) is 0.675. The molecule has 0 radical (unpaired) electrons. The highest BCUT2D eigenvalue weighted by molar-refractivity contribution is 6.00. The smallest absolute Gasteiger partial charge is 0.305 e. The van der Waals surface area contributed by atoms with E-state index in [1.165, 1.54) is 13.2 Å². The molecule has 0 aliphatic carbocycles. The molecule has 1 aromatic heterocycles. The molecule has 140 valence electrons. The third-order valence-corrected chi connectivity index (χ3v) is 3.91. The predicted octanol–water partition coefficient (Wildman–Crippen LogP) is 3.22. The van der Waals surface area contributed by atoms with E-state index in [9.17, 15) is 9.59 Å². The van der Waals surface area contributed by atoms with Gasteiger partial charge in [0.15, 0.2) is 17.3 Å². The van der Waals surface area contributed by atoms with Crippen molar-refractivity contribution >= 4 is 22.8 Å². The Hall–Kier alpha value is -3.48. The van der Waals surface area contributed by atoms with Gasteiger partial charge in [-0.15, -0.1) is 0 Å². The Balaban J connectivity index is 1.68. The Labute approximate surface area is 156 Å². The van der Waals surface area contributed by atoms with Crippen LogP contribution in [0.25, 0.3) is 11.0 Å². The van der Waals surface area contributed by atoms with Crippen LogP contribution in [0.15, 0.2) is 46.9 Å². The second-order valence-corrected chi connectivity index (χ2v) is 5.86. The highest BCUT2D eigenvalue weighted by Crippen LogP contribution is 2.28. The fraction of sp³-hybridized carbons (Fsp3) is 0.200. The molecule has 3 rings (SSSR count). The van der Waals surface area contributed by atoms with E-state index >= 15 is 0 Å². The van der Waals surface area contributed by atoms with Crippen molar-refractivity contribution < 1.29 is 23.5 Å². The number of fused-ring (bicyclic) bond motifs is 1. The monoisotopic (exact) mass is 368 g/mol. The summed E-state index contributed by atoms with van der Waals surface area (Å²) in [6.45, 7) is 4.29. The largest absolute Gasteiger partial charge is 0.493 e. The van der Waals surface area contributed by atoms with Crippen LogP contribution in [0.1, 0.15) is 33.4 Å². The van der Waals surface area contributed by atoms with Crippen LogP contribution in [0.4, 0.5) is 0 Å². The van der Waals surface area contributed by atoms with E-state index in [2.05, 4.69) is 10.9 Å². The first-order chi connectivity index (χ1) is 13.0. The summed E-state index contributed by atoms with van der Waals surface area (Å²) in [6.07, 6.45) is 0. The number of rotatable bonds is 5. The topological polar surface area (TPSA) is 89.8 Å². The average molecular weight is 368 g/mol. The molecule has 27 heavy (non-hydrogen) atoms. The molecule has 0 atom stereocenters. The molecule has 0 aliphatic rings. The fourth-order valence-electron chi connectivity index (χ4n) is 2.61. The molecule has 7 nitrogen and oxygen atoms in total. The Morgan fingerprint density at radius 1 is 1.00 bits per heavy atom. The summed E-state index contributed by atoms with van der Waals surface area (Å²) < 4.78 is 16.1. The molecule has 2 aromatic carbocycles. The zero-order valence-electron chi connectivity index (χ0n) is 15.3. The van der Waals surface area contributed by atoms with Crippen LogP contribution in [0, 0.1) is 6.92 Å². The average Bonchev–Trinajstić information content (AvgIpc) is 3.09. The number of methoxy groups -OCH3 is 1. The predicted molar refractivity (Wildman–Crippen MR) is 100 cm³/mol. The number of furan rings is 1.